The molecule has 26 heavy (non-hydrogen) atoms. The number of methoxy groups -OCH3 is 1. The number of rotatable bonds is 6. The summed E-state index contributed by atoms with van der Waals surface area (Å²) in [6.07, 6.45) is 2.48. The smallest absolute Gasteiger partial charge is 0.337 e. The molecule has 0 aliphatic rings. The van der Waals surface area contributed by atoms with E-state index in [-0.39, 0.29) is 11.7 Å². The second-order valence-electron chi connectivity index (χ2n) is 5.37. The highest BCUT2D eigenvalue weighted by Gasteiger charge is 2.11. The van der Waals surface area contributed by atoms with Crippen molar-refractivity contribution < 1.29 is 14.3 Å². The number of nitrogens with one attached hydrogen (secondary N) is 1. The fourth-order valence-electron chi connectivity index (χ4n) is 2.31. The largest absolute Gasteiger partial charge is 0.465 e. The molecule has 8 heteroatoms. The van der Waals surface area contributed by atoms with Crippen LogP contribution in [0.2, 0.25) is 0 Å². The van der Waals surface area contributed by atoms with Gasteiger partial charge in [0.05, 0.1) is 18.4 Å². The molecule has 0 saturated heterocycles. The Hall–Kier alpha value is -2.45. The minimum Gasteiger partial charge on any atom is -0.465 e. The van der Waals surface area contributed by atoms with E-state index in [1.165, 1.54) is 30.1 Å². The molecule has 0 unspecified atom stereocenters. The molecule has 0 radical (unpaired) electrons. The molecule has 2 heterocycles. The van der Waals surface area contributed by atoms with Crippen LogP contribution in [-0.2, 0) is 16.0 Å². The van der Waals surface area contributed by atoms with Gasteiger partial charge in [-0.3, -0.25) is 4.79 Å². The lowest BCUT2D eigenvalue weighted by Gasteiger charge is -2.06. The van der Waals surface area contributed by atoms with E-state index in [0.717, 1.165) is 21.7 Å². The van der Waals surface area contributed by atoms with Crippen LogP contribution in [0.5, 0.6) is 0 Å². The van der Waals surface area contributed by atoms with Crippen LogP contribution in [0, 0.1) is 0 Å². The maximum Gasteiger partial charge on any atom is 0.337 e. The first-order valence-electron chi connectivity index (χ1n) is 7.95. The summed E-state index contributed by atoms with van der Waals surface area (Å²) in [6, 6.07) is 8.65. The molecule has 134 valence electrons. The van der Waals surface area contributed by atoms with Gasteiger partial charge >= 0.3 is 5.97 Å². The number of hydrogen-bond donors (Lipinski definition) is 1. The predicted molar refractivity (Wildman–Crippen MR) is 104 cm³/mol. The number of amides is 1. The van der Waals surface area contributed by atoms with E-state index in [4.69, 9.17) is 0 Å². The maximum absolute atomic E-state index is 12.2. The van der Waals surface area contributed by atoms with Crippen molar-refractivity contribution in [3.05, 3.63) is 47.1 Å². The summed E-state index contributed by atoms with van der Waals surface area (Å²) in [7, 11) is 1.33. The van der Waals surface area contributed by atoms with Gasteiger partial charge in [-0.2, -0.15) is 0 Å². The Morgan fingerprint density at radius 3 is 2.69 bits per heavy atom. The fourth-order valence-corrected chi connectivity index (χ4v) is 4.08. The summed E-state index contributed by atoms with van der Waals surface area (Å²) in [4.78, 5) is 34.4. The van der Waals surface area contributed by atoms with Gasteiger partial charge in [0.25, 0.3) is 0 Å². The van der Waals surface area contributed by atoms with Crippen LogP contribution in [0.1, 0.15) is 22.2 Å². The predicted octanol–water partition coefficient (Wildman–Crippen LogP) is 3.77. The van der Waals surface area contributed by atoms with E-state index < -0.39 is 5.97 Å². The van der Waals surface area contributed by atoms with E-state index >= 15 is 0 Å². The van der Waals surface area contributed by atoms with Gasteiger partial charge in [-0.15, -0.1) is 11.3 Å². The van der Waals surface area contributed by atoms with Gasteiger partial charge in [-0.05, 0) is 36.8 Å². The molecular weight excluding hydrogens is 370 g/mol. The van der Waals surface area contributed by atoms with Crippen LogP contribution >= 0.6 is 23.1 Å². The quantitative estimate of drug-likeness (QED) is 0.394. The number of thiophene rings is 1. The second kappa shape index (κ2) is 8.29. The summed E-state index contributed by atoms with van der Waals surface area (Å²) >= 11 is 3.03. The monoisotopic (exact) mass is 387 g/mol. The number of fused-ring (bicyclic) bond motifs is 1. The fraction of sp³-hybridized carbons (Fsp3) is 0.222. The van der Waals surface area contributed by atoms with E-state index in [1.807, 2.05) is 0 Å². The summed E-state index contributed by atoms with van der Waals surface area (Å²) < 4.78 is 4.65. The SMILES string of the molecule is CCc1cc2c(SCC(=O)Nc3ccc(C(=O)OC)cc3)ncnc2s1. The standard InChI is InChI=1S/C18H17N3O3S2/c1-3-13-8-14-16(19-10-20-17(14)26-13)25-9-15(22)21-12-6-4-11(5-7-12)18(23)24-2/h4-8,10H,3,9H2,1-2H3,(H,21,22). The van der Waals surface area contributed by atoms with Crippen LogP contribution in [0.4, 0.5) is 5.69 Å². The summed E-state index contributed by atoms with van der Waals surface area (Å²) in [6.45, 7) is 2.10. The van der Waals surface area contributed by atoms with Gasteiger partial charge in [-0.1, -0.05) is 18.7 Å². The summed E-state index contributed by atoms with van der Waals surface area (Å²) in [5.74, 6) is -0.311. The molecule has 1 N–H and O–H groups in total. The van der Waals surface area contributed by atoms with Gasteiger partial charge in [0, 0.05) is 16.0 Å². The number of carbonyl (C=O) groups is 2. The van der Waals surface area contributed by atoms with E-state index in [1.54, 1.807) is 35.6 Å². The third kappa shape index (κ3) is 4.20. The number of ether oxygens (including phenoxy) is 1. The lowest BCUT2D eigenvalue weighted by atomic mass is 10.2. The molecule has 3 aromatic rings. The topological polar surface area (TPSA) is 81.2 Å². The number of esters is 1. The summed E-state index contributed by atoms with van der Waals surface area (Å²) in [5.41, 5.74) is 1.06. The van der Waals surface area contributed by atoms with Crippen LogP contribution in [0.15, 0.2) is 41.7 Å². The molecular formula is C18H17N3O3S2. The van der Waals surface area contributed by atoms with E-state index in [9.17, 15) is 9.59 Å². The highest BCUT2D eigenvalue weighted by atomic mass is 32.2. The van der Waals surface area contributed by atoms with E-state index in [0.29, 0.717) is 11.3 Å². The molecule has 0 saturated carbocycles. The Morgan fingerprint density at radius 2 is 2.00 bits per heavy atom. The molecule has 0 aliphatic carbocycles. The minimum atomic E-state index is -0.409. The average Bonchev–Trinajstić information content (AvgIpc) is 3.10. The molecule has 0 aliphatic heterocycles. The molecule has 0 fully saturated rings. The highest BCUT2D eigenvalue weighted by Crippen LogP contribution is 2.30. The zero-order valence-electron chi connectivity index (χ0n) is 14.3. The van der Waals surface area contributed by atoms with Crippen molar-refractivity contribution in [1.29, 1.82) is 0 Å². The van der Waals surface area contributed by atoms with Crippen molar-refractivity contribution in [2.24, 2.45) is 0 Å². The minimum absolute atomic E-state index is 0.140. The number of aryl methyl sites for hydroxylation is 1. The first-order chi connectivity index (χ1) is 12.6. The van der Waals surface area contributed by atoms with Crippen molar-refractivity contribution in [2.45, 2.75) is 18.4 Å². The molecule has 1 aromatic carbocycles. The number of thioether (sulfide) groups is 1. The zero-order chi connectivity index (χ0) is 18.5. The number of nitrogens with zero attached hydrogens (tertiary/aromatic N) is 2. The molecule has 3 rings (SSSR count). The number of hydrogen-bond acceptors (Lipinski definition) is 7. The van der Waals surface area contributed by atoms with Crippen LogP contribution in [0.3, 0.4) is 0 Å². The molecule has 0 bridgehead atoms. The van der Waals surface area contributed by atoms with Crippen LogP contribution < -0.4 is 5.32 Å². The number of carbonyl (C=O) groups excluding carboxylic acids is 2. The maximum atomic E-state index is 12.2. The normalized spacial score (nSPS) is 10.7. The third-order valence-corrected chi connectivity index (χ3v) is 5.81. The van der Waals surface area contributed by atoms with Crippen LogP contribution in [-0.4, -0.2) is 34.7 Å². The summed E-state index contributed by atoms with van der Waals surface area (Å²) in [5, 5.41) is 4.61. The Bertz CT molecular complexity index is 939. The zero-order valence-corrected chi connectivity index (χ0v) is 15.9. The third-order valence-electron chi connectivity index (χ3n) is 3.62. The average molecular weight is 387 g/mol. The van der Waals surface area contributed by atoms with Crippen molar-refractivity contribution in [3.63, 3.8) is 0 Å². The first-order valence-corrected chi connectivity index (χ1v) is 9.75. The lowest BCUT2D eigenvalue weighted by molar-refractivity contribution is -0.113. The second-order valence-corrected chi connectivity index (χ2v) is 7.45. The Kier molecular flexibility index (Phi) is 5.85. The van der Waals surface area contributed by atoms with Gasteiger partial charge in [0.15, 0.2) is 0 Å². The highest BCUT2D eigenvalue weighted by molar-refractivity contribution is 8.00. The first kappa shape index (κ1) is 18.3. The van der Waals surface area contributed by atoms with Crippen molar-refractivity contribution in [3.8, 4) is 0 Å². The van der Waals surface area contributed by atoms with Crippen LogP contribution in [0.25, 0.3) is 10.2 Å². The Morgan fingerprint density at radius 1 is 1.23 bits per heavy atom. The van der Waals surface area contributed by atoms with Crippen molar-refractivity contribution in [1.82, 2.24) is 9.97 Å². The van der Waals surface area contributed by atoms with Gasteiger partial charge in [0.1, 0.15) is 16.2 Å². The number of benzene rings is 1. The molecule has 1 amide bonds. The van der Waals surface area contributed by atoms with Gasteiger partial charge in [-0.25, -0.2) is 14.8 Å². The molecule has 6 nitrogen and oxygen atoms in total. The Balaban J connectivity index is 1.62. The van der Waals surface area contributed by atoms with Gasteiger partial charge < -0.3 is 10.1 Å². The van der Waals surface area contributed by atoms with Crippen molar-refractivity contribution >= 4 is 50.9 Å². The van der Waals surface area contributed by atoms with Crippen molar-refractivity contribution in [2.75, 3.05) is 18.2 Å². The molecule has 0 atom stereocenters. The number of anilines is 1. The molecule has 2 aromatic heterocycles. The van der Waals surface area contributed by atoms with E-state index in [2.05, 4.69) is 33.0 Å². The molecule has 0 spiro atoms. The lowest BCUT2D eigenvalue weighted by Crippen LogP contribution is -2.14. The van der Waals surface area contributed by atoms with Gasteiger partial charge in [0.2, 0.25) is 5.91 Å². The Labute approximate surface area is 159 Å². The number of aromatic nitrogens is 2.